The lowest BCUT2D eigenvalue weighted by Gasteiger charge is -2.66. The molecule has 0 spiro atoms. The van der Waals surface area contributed by atoms with E-state index in [0.29, 0.717) is 11.3 Å². The molecule has 1 aromatic rings. The molecule has 0 N–H and O–H groups in total. The summed E-state index contributed by atoms with van der Waals surface area (Å²) in [4.78, 5) is 0. The Labute approximate surface area is 175 Å². The lowest BCUT2D eigenvalue weighted by atomic mass is 9.42. The standard InChI is InChI=1S/C24H36BFNO2/c1-17(14-18-6-8-20(26)9-7-18)25-28-22-16-19-15-21(24(22,3)29-25)23(19,2)10-13-27(4)11-5-12-27/h6-9,17,19,21-22H,5,10-16H2,1-4H3/q+1/t17-,19+,21+,22-,23?,24+/m1/s1. The Hall–Kier alpha value is -0.905. The highest BCUT2D eigenvalue weighted by Crippen LogP contribution is 2.67. The zero-order chi connectivity index (χ0) is 20.4. The molecular weight excluding hydrogens is 364 g/mol. The van der Waals surface area contributed by atoms with Gasteiger partial charge in [0.2, 0.25) is 0 Å². The summed E-state index contributed by atoms with van der Waals surface area (Å²) in [5.74, 6) is 1.47. The molecule has 2 heterocycles. The highest BCUT2D eigenvalue weighted by molar-refractivity contribution is 6.47. The van der Waals surface area contributed by atoms with E-state index in [4.69, 9.17) is 9.31 Å². The van der Waals surface area contributed by atoms with Crippen molar-refractivity contribution < 1.29 is 18.2 Å². The molecule has 29 heavy (non-hydrogen) atoms. The van der Waals surface area contributed by atoms with E-state index in [-0.39, 0.29) is 30.5 Å². The van der Waals surface area contributed by atoms with Gasteiger partial charge in [0.1, 0.15) is 5.82 Å². The molecule has 3 aliphatic carbocycles. The molecule has 3 nitrogen and oxygen atoms in total. The SMILES string of the molecule is C[C@H](Cc1ccc(F)cc1)B1O[C@@H]2C[C@@H]3C[C@@H](C3(C)CC[N+]3(C)CCC3)[C@]2(C)O1. The van der Waals surface area contributed by atoms with Gasteiger partial charge in [-0.05, 0) is 67.0 Å². The zero-order valence-corrected chi connectivity index (χ0v) is 18.5. The molecule has 2 bridgehead atoms. The first-order valence-electron chi connectivity index (χ1n) is 11.6. The van der Waals surface area contributed by atoms with Gasteiger partial charge in [-0.2, -0.15) is 0 Å². The molecule has 5 fully saturated rings. The lowest BCUT2D eigenvalue weighted by Crippen LogP contribution is -2.67. The Bertz CT molecular complexity index is 769. The third-order valence-corrected chi connectivity index (χ3v) is 9.27. The molecule has 5 aliphatic rings. The van der Waals surface area contributed by atoms with Crippen molar-refractivity contribution in [3.8, 4) is 0 Å². The summed E-state index contributed by atoms with van der Waals surface area (Å²) in [6.45, 7) is 11.1. The van der Waals surface area contributed by atoms with Crippen molar-refractivity contribution in [3.63, 3.8) is 0 Å². The minimum Gasteiger partial charge on any atom is -0.405 e. The molecular formula is C24H36BFNO2+. The maximum atomic E-state index is 13.2. The van der Waals surface area contributed by atoms with Gasteiger partial charge < -0.3 is 13.8 Å². The maximum Gasteiger partial charge on any atom is 0.461 e. The smallest absolute Gasteiger partial charge is 0.405 e. The van der Waals surface area contributed by atoms with Crippen molar-refractivity contribution >= 4 is 7.12 Å². The van der Waals surface area contributed by atoms with Gasteiger partial charge in [-0.1, -0.05) is 26.0 Å². The summed E-state index contributed by atoms with van der Waals surface area (Å²) in [5.41, 5.74) is 1.39. The molecule has 2 aliphatic heterocycles. The largest absolute Gasteiger partial charge is 0.461 e. The average Bonchev–Trinajstić information content (AvgIpc) is 3.03. The van der Waals surface area contributed by atoms with Gasteiger partial charge >= 0.3 is 7.12 Å². The van der Waals surface area contributed by atoms with E-state index in [9.17, 15) is 4.39 Å². The molecule has 6 rings (SSSR count). The Kier molecular flexibility index (Phi) is 4.69. The predicted octanol–water partition coefficient (Wildman–Crippen LogP) is 4.71. The molecule has 158 valence electrons. The zero-order valence-electron chi connectivity index (χ0n) is 18.5. The van der Waals surface area contributed by atoms with Crippen molar-refractivity contribution in [3.05, 3.63) is 35.6 Å². The molecule has 6 atom stereocenters. The molecule has 3 saturated carbocycles. The van der Waals surface area contributed by atoms with Crippen LogP contribution < -0.4 is 0 Å². The van der Waals surface area contributed by atoms with E-state index in [2.05, 4.69) is 27.8 Å². The number of hydrogen-bond donors (Lipinski definition) is 0. The van der Waals surface area contributed by atoms with Gasteiger partial charge in [0.05, 0.1) is 38.4 Å². The van der Waals surface area contributed by atoms with Crippen molar-refractivity contribution in [1.29, 1.82) is 0 Å². The summed E-state index contributed by atoms with van der Waals surface area (Å²) >= 11 is 0. The number of quaternary nitrogens is 1. The Morgan fingerprint density at radius 1 is 1.21 bits per heavy atom. The summed E-state index contributed by atoms with van der Waals surface area (Å²) in [6.07, 6.45) is 6.25. The summed E-state index contributed by atoms with van der Waals surface area (Å²) in [6, 6.07) is 6.84. The quantitative estimate of drug-likeness (QED) is 0.509. The van der Waals surface area contributed by atoms with Gasteiger partial charge in [0.25, 0.3) is 0 Å². The predicted molar refractivity (Wildman–Crippen MR) is 114 cm³/mol. The second-order valence-corrected chi connectivity index (χ2v) is 11.2. The van der Waals surface area contributed by atoms with Crippen LogP contribution in [0.15, 0.2) is 24.3 Å². The van der Waals surface area contributed by atoms with E-state index >= 15 is 0 Å². The van der Waals surface area contributed by atoms with Gasteiger partial charge in [-0.3, -0.25) is 0 Å². The van der Waals surface area contributed by atoms with E-state index in [1.54, 1.807) is 12.1 Å². The molecule has 1 aromatic carbocycles. The fourth-order valence-electron chi connectivity index (χ4n) is 6.86. The Morgan fingerprint density at radius 2 is 1.93 bits per heavy atom. The maximum absolute atomic E-state index is 13.2. The fraction of sp³-hybridized carbons (Fsp3) is 0.750. The lowest BCUT2D eigenvalue weighted by molar-refractivity contribution is -0.947. The summed E-state index contributed by atoms with van der Waals surface area (Å²) < 4.78 is 27.7. The van der Waals surface area contributed by atoms with Crippen LogP contribution in [0.1, 0.15) is 52.0 Å². The van der Waals surface area contributed by atoms with Crippen molar-refractivity contribution in [2.24, 2.45) is 17.3 Å². The van der Waals surface area contributed by atoms with Gasteiger partial charge in [0, 0.05) is 12.8 Å². The normalized spacial score (nSPS) is 40.7. The minimum atomic E-state index is -0.179. The summed E-state index contributed by atoms with van der Waals surface area (Å²) in [7, 11) is 2.27. The highest BCUT2D eigenvalue weighted by Gasteiger charge is 2.69. The number of nitrogens with zero attached hydrogens (tertiary/aromatic N) is 1. The monoisotopic (exact) mass is 400 g/mol. The van der Waals surface area contributed by atoms with Gasteiger partial charge in [-0.15, -0.1) is 0 Å². The Balaban J connectivity index is 1.25. The highest BCUT2D eigenvalue weighted by atomic mass is 19.1. The third kappa shape index (κ3) is 3.19. The van der Waals surface area contributed by atoms with Crippen LogP contribution >= 0.6 is 0 Å². The molecule has 2 saturated heterocycles. The van der Waals surface area contributed by atoms with Crippen LogP contribution in [0.2, 0.25) is 5.82 Å². The van der Waals surface area contributed by atoms with Crippen LogP contribution in [0.3, 0.4) is 0 Å². The Morgan fingerprint density at radius 3 is 2.59 bits per heavy atom. The topological polar surface area (TPSA) is 18.5 Å². The van der Waals surface area contributed by atoms with Gasteiger partial charge in [0.15, 0.2) is 0 Å². The van der Waals surface area contributed by atoms with Crippen molar-refractivity contribution in [2.75, 3.05) is 26.7 Å². The molecule has 5 heteroatoms. The summed E-state index contributed by atoms with van der Waals surface area (Å²) in [5, 5.41) is 0. The molecule has 0 amide bonds. The molecule has 1 unspecified atom stereocenters. The van der Waals surface area contributed by atoms with E-state index in [1.807, 2.05) is 12.1 Å². The van der Waals surface area contributed by atoms with Crippen LogP contribution in [-0.2, 0) is 15.7 Å². The van der Waals surface area contributed by atoms with Gasteiger partial charge in [-0.25, -0.2) is 4.39 Å². The minimum absolute atomic E-state index is 0.154. The number of likely N-dealkylation sites (tertiary alicyclic amines) is 1. The fourth-order valence-corrected chi connectivity index (χ4v) is 6.86. The van der Waals surface area contributed by atoms with E-state index in [0.717, 1.165) is 24.3 Å². The molecule has 0 radical (unpaired) electrons. The third-order valence-electron chi connectivity index (χ3n) is 9.27. The van der Waals surface area contributed by atoms with Crippen LogP contribution in [-0.4, -0.2) is 50.0 Å². The number of rotatable bonds is 6. The number of benzene rings is 1. The first-order chi connectivity index (χ1) is 13.7. The van der Waals surface area contributed by atoms with Crippen molar-refractivity contribution in [2.45, 2.75) is 70.4 Å². The first-order valence-corrected chi connectivity index (χ1v) is 11.6. The second kappa shape index (κ2) is 6.80. The first kappa shape index (κ1) is 20.0. The van der Waals surface area contributed by atoms with E-state index < -0.39 is 0 Å². The van der Waals surface area contributed by atoms with Crippen LogP contribution in [0.25, 0.3) is 0 Å². The van der Waals surface area contributed by atoms with Crippen molar-refractivity contribution in [1.82, 2.24) is 0 Å². The molecule has 0 aromatic heterocycles. The van der Waals surface area contributed by atoms with Crippen LogP contribution in [0.4, 0.5) is 4.39 Å². The van der Waals surface area contributed by atoms with Crippen LogP contribution in [0.5, 0.6) is 0 Å². The second-order valence-electron chi connectivity index (χ2n) is 11.2. The average molecular weight is 400 g/mol. The van der Waals surface area contributed by atoms with Crippen LogP contribution in [0, 0.1) is 23.1 Å². The number of hydrogen-bond acceptors (Lipinski definition) is 2. The van der Waals surface area contributed by atoms with E-state index in [1.165, 1.54) is 43.4 Å². The number of halogens is 1.